The largest absolute Gasteiger partial charge is 0.302 e. The molecule has 0 aromatic heterocycles. The Bertz CT molecular complexity index is 400. The fourth-order valence-corrected chi connectivity index (χ4v) is 2.19. The Balaban J connectivity index is 2.63. The van der Waals surface area contributed by atoms with Crippen LogP contribution in [0.25, 0.3) is 0 Å². The molecule has 0 fully saturated rings. The second kappa shape index (κ2) is 7.26. The van der Waals surface area contributed by atoms with Crippen molar-refractivity contribution in [3.05, 3.63) is 35.4 Å². The fourth-order valence-electron chi connectivity index (χ4n) is 2.19. The molecule has 0 saturated carbocycles. The van der Waals surface area contributed by atoms with Gasteiger partial charge in [0.15, 0.2) is 0 Å². The number of carbonyl (C=O) groups is 1. The van der Waals surface area contributed by atoms with Gasteiger partial charge < -0.3 is 4.90 Å². The van der Waals surface area contributed by atoms with Crippen molar-refractivity contribution >= 4 is 5.91 Å². The van der Waals surface area contributed by atoms with Crippen LogP contribution in [0.15, 0.2) is 24.3 Å². The lowest BCUT2D eigenvalue weighted by Crippen LogP contribution is -2.33. The van der Waals surface area contributed by atoms with Crippen LogP contribution in [-0.2, 0) is 11.3 Å². The zero-order valence-electron chi connectivity index (χ0n) is 12.3. The van der Waals surface area contributed by atoms with E-state index >= 15 is 0 Å². The minimum absolute atomic E-state index is 0.162. The number of benzene rings is 1. The highest BCUT2D eigenvalue weighted by Crippen LogP contribution is 2.16. The normalized spacial score (nSPS) is 12.8. The summed E-state index contributed by atoms with van der Waals surface area (Å²) in [5, 5.41) is 0. The fraction of sp³-hybridized carbons (Fsp3) is 0.533. The third kappa shape index (κ3) is 5.01. The van der Waals surface area contributed by atoms with Gasteiger partial charge in [-0.3, -0.25) is 10.2 Å². The van der Waals surface area contributed by atoms with Crippen molar-refractivity contribution in [3.8, 4) is 0 Å². The maximum absolute atomic E-state index is 11.5. The van der Waals surface area contributed by atoms with Crippen LogP contribution in [0.3, 0.4) is 0 Å². The topological polar surface area (TPSA) is 58.4 Å². The lowest BCUT2D eigenvalue weighted by molar-refractivity contribution is -0.122. The molecule has 4 heteroatoms. The summed E-state index contributed by atoms with van der Waals surface area (Å²) in [5.74, 6) is 5.43. The summed E-state index contributed by atoms with van der Waals surface area (Å²) in [7, 11) is 2.12. The summed E-state index contributed by atoms with van der Waals surface area (Å²) >= 11 is 0. The molecule has 1 rings (SSSR count). The van der Waals surface area contributed by atoms with Gasteiger partial charge in [-0.15, -0.1) is 0 Å². The van der Waals surface area contributed by atoms with Crippen molar-refractivity contribution in [3.63, 3.8) is 0 Å². The highest BCUT2D eigenvalue weighted by atomic mass is 16.2. The van der Waals surface area contributed by atoms with Crippen LogP contribution in [0.1, 0.15) is 37.8 Å². The SMILES string of the molecule is CC(C)CN(C)Cc1ccc(C(C)C(=O)NN)cc1. The third-order valence-electron chi connectivity index (χ3n) is 3.14. The van der Waals surface area contributed by atoms with E-state index in [1.54, 1.807) is 0 Å². The second-order valence-electron chi connectivity index (χ2n) is 5.56. The number of hydrogen-bond donors (Lipinski definition) is 2. The Kier molecular flexibility index (Phi) is 5.99. The van der Waals surface area contributed by atoms with Crippen LogP contribution in [0, 0.1) is 5.92 Å². The van der Waals surface area contributed by atoms with Crippen molar-refractivity contribution in [1.29, 1.82) is 0 Å². The molecule has 0 saturated heterocycles. The van der Waals surface area contributed by atoms with Gasteiger partial charge in [0.2, 0.25) is 5.91 Å². The number of nitrogens with two attached hydrogens (primary N) is 1. The highest BCUT2D eigenvalue weighted by Gasteiger charge is 2.13. The Morgan fingerprint density at radius 2 is 1.84 bits per heavy atom. The van der Waals surface area contributed by atoms with Crippen molar-refractivity contribution in [2.24, 2.45) is 11.8 Å². The summed E-state index contributed by atoms with van der Waals surface area (Å²) in [6.45, 7) is 8.28. The number of amides is 1. The van der Waals surface area contributed by atoms with Crippen LogP contribution >= 0.6 is 0 Å². The van der Waals surface area contributed by atoms with Crippen LogP contribution in [0.4, 0.5) is 0 Å². The first kappa shape index (κ1) is 15.7. The van der Waals surface area contributed by atoms with Gasteiger partial charge in [-0.2, -0.15) is 0 Å². The van der Waals surface area contributed by atoms with Gasteiger partial charge in [0, 0.05) is 13.1 Å². The second-order valence-corrected chi connectivity index (χ2v) is 5.56. The molecule has 1 amide bonds. The van der Waals surface area contributed by atoms with E-state index in [4.69, 9.17) is 5.84 Å². The van der Waals surface area contributed by atoms with E-state index < -0.39 is 0 Å². The minimum atomic E-state index is -0.215. The van der Waals surface area contributed by atoms with E-state index in [2.05, 4.69) is 43.4 Å². The van der Waals surface area contributed by atoms with Crippen molar-refractivity contribution in [1.82, 2.24) is 10.3 Å². The van der Waals surface area contributed by atoms with E-state index in [1.165, 1.54) is 5.56 Å². The van der Waals surface area contributed by atoms with Gasteiger partial charge in [-0.1, -0.05) is 38.1 Å². The number of hydrogen-bond acceptors (Lipinski definition) is 3. The van der Waals surface area contributed by atoms with Gasteiger partial charge in [0.25, 0.3) is 0 Å². The lowest BCUT2D eigenvalue weighted by atomic mass is 9.99. The molecule has 1 aromatic carbocycles. The van der Waals surface area contributed by atoms with Crippen LogP contribution < -0.4 is 11.3 Å². The zero-order valence-corrected chi connectivity index (χ0v) is 12.3. The first-order chi connectivity index (χ1) is 8.93. The molecule has 4 nitrogen and oxygen atoms in total. The average molecular weight is 263 g/mol. The van der Waals surface area contributed by atoms with E-state index in [-0.39, 0.29) is 11.8 Å². The number of nitrogens with zero attached hydrogens (tertiary/aromatic N) is 1. The van der Waals surface area contributed by atoms with Crippen LogP contribution in [0.5, 0.6) is 0 Å². The lowest BCUT2D eigenvalue weighted by Gasteiger charge is -2.19. The van der Waals surface area contributed by atoms with Crippen LogP contribution in [0.2, 0.25) is 0 Å². The number of nitrogens with one attached hydrogen (secondary N) is 1. The van der Waals surface area contributed by atoms with E-state index in [0.717, 1.165) is 18.7 Å². The summed E-state index contributed by atoms with van der Waals surface area (Å²) in [6, 6.07) is 8.15. The van der Waals surface area contributed by atoms with Gasteiger partial charge in [-0.25, -0.2) is 5.84 Å². The average Bonchev–Trinajstić information content (AvgIpc) is 2.36. The molecule has 0 radical (unpaired) electrons. The van der Waals surface area contributed by atoms with E-state index in [0.29, 0.717) is 5.92 Å². The Labute approximate surface area is 115 Å². The molecule has 19 heavy (non-hydrogen) atoms. The maximum atomic E-state index is 11.5. The Hall–Kier alpha value is -1.39. The molecule has 106 valence electrons. The van der Waals surface area contributed by atoms with Crippen LogP contribution in [-0.4, -0.2) is 24.4 Å². The highest BCUT2D eigenvalue weighted by molar-refractivity contribution is 5.82. The van der Waals surface area contributed by atoms with E-state index in [1.807, 2.05) is 19.1 Å². The van der Waals surface area contributed by atoms with Gasteiger partial charge in [-0.05, 0) is 31.0 Å². The summed E-state index contributed by atoms with van der Waals surface area (Å²) < 4.78 is 0. The smallest absolute Gasteiger partial charge is 0.241 e. The molecular formula is C15H25N3O. The molecule has 0 heterocycles. The zero-order chi connectivity index (χ0) is 14.4. The molecule has 0 aliphatic rings. The standard InChI is InChI=1S/C15H25N3O/c1-11(2)9-18(4)10-13-5-7-14(8-6-13)12(3)15(19)17-16/h5-8,11-12H,9-10,16H2,1-4H3,(H,17,19). The first-order valence-corrected chi connectivity index (χ1v) is 6.72. The molecule has 0 bridgehead atoms. The predicted octanol–water partition coefficient (Wildman–Crippen LogP) is 1.87. The molecule has 0 spiro atoms. The quantitative estimate of drug-likeness (QED) is 0.468. The molecule has 0 aliphatic heterocycles. The van der Waals surface area contributed by atoms with Crippen molar-refractivity contribution in [2.75, 3.05) is 13.6 Å². The minimum Gasteiger partial charge on any atom is -0.302 e. The Morgan fingerprint density at radius 3 is 2.32 bits per heavy atom. The van der Waals surface area contributed by atoms with E-state index in [9.17, 15) is 4.79 Å². The summed E-state index contributed by atoms with van der Waals surface area (Å²) in [4.78, 5) is 13.8. The van der Waals surface area contributed by atoms with Crippen molar-refractivity contribution < 1.29 is 4.79 Å². The molecule has 3 N–H and O–H groups in total. The maximum Gasteiger partial charge on any atom is 0.241 e. The molecular weight excluding hydrogens is 238 g/mol. The summed E-state index contributed by atoms with van der Waals surface area (Å²) in [6.07, 6.45) is 0. The molecule has 1 aromatic rings. The molecule has 1 atom stereocenters. The van der Waals surface area contributed by atoms with Gasteiger partial charge in [0.1, 0.15) is 0 Å². The summed E-state index contributed by atoms with van der Waals surface area (Å²) in [5.41, 5.74) is 4.43. The van der Waals surface area contributed by atoms with Gasteiger partial charge in [0.05, 0.1) is 5.92 Å². The first-order valence-electron chi connectivity index (χ1n) is 6.72. The monoisotopic (exact) mass is 263 g/mol. The predicted molar refractivity (Wildman–Crippen MR) is 78.4 cm³/mol. The van der Waals surface area contributed by atoms with Gasteiger partial charge >= 0.3 is 0 Å². The Morgan fingerprint density at radius 1 is 1.26 bits per heavy atom. The molecule has 0 aliphatic carbocycles. The number of carbonyl (C=O) groups excluding carboxylic acids is 1. The number of rotatable bonds is 6. The van der Waals surface area contributed by atoms with Crippen molar-refractivity contribution in [2.45, 2.75) is 33.2 Å². The third-order valence-corrected chi connectivity index (χ3v) is 3.14. The number of hydrazine groups is 1. The molecule has 1 unspecified atom stereocenters.